The van der Waals surface area contributed by atoms with Crippen molar-refractivity contribution >= 4 is 26.6 Å². The largest absolute Gasteiger partial charge is 0.370 e. The van der Waals surface area contributed by atoms with E-state index in [1.165, 1.54) is 0 Å². The summed E-state index contributed by atoms with van der Waals surface area (Å²) in [4.78, 5) is 4.03. The highest BCUT2D eigenvalue weighted by Crippen LogP contribution is 2.31. The fourth-order valence-corrected chi connectivity index (χ4v) is 5.91. The van der Waals surface area contributed by atoms with Crippen LogP contribution in [-0.4, -0.2) is 31.9 Å². The molecule has 27 heavy (non-hydrogen) atoms. The van der Waals surface area contributed by atoms with Crippen LogP contribution in [0.1, 0.15) is 37.7 Å². The Bertz CT molecular complexity index is 891. The lowest BCUT2D eigenvalue weighted by Gasteiger charge is -2.28. The maximum absolute atomic E-state index is 12.9. The van der Waals surface area contributed by atoms with Crippen LogP contribution < -0.4 is 11.5 Å². The topological polar surface area (TPSA) is 98.5 Å². The Balaban J connectivity index is 1.55. The summed E-state index contributed by atoms with van der Waals surface area (Å²) >= 11 is 0. The summed E-state index contributed by atoms with van der Waals surface area (Å²) in [6.45, 7) is 0.630. The first kappa shape index (κ1) is 19.7. The highest BCUT2D eigenvalue weighted by molar-refractivity contribution is 7.92. The maximum atomic E-state index is 12.9. The summed E-state index contributed by atoms with van der Waals surface area (Å²) in [6.07, 6.45) is 4.90. The molecule has 6 heteroatoms. The highest BCUT2D eigenvalue weighted by Gasteiger charge is 2.30. The monoisotopic (exact) mass is 387 g/mol. The third-order valence-corrected chi connectivity index (χ3v) is 7.93. The van der Waals surface area contributed by atoms with E-state index in [1.807, 2.05) is 24.3 Å². The van der Waals surface area contributed by atoms with E-state index < -0.39 is 9.84 Å². The molecule has 0 aromatic heterocycles. The molecular formula is C21H29N3O2S. The van der Waals surface area contributed by atoms with Gasteiger partial charge in [0.15, 0.2) is 15.8 Å². The second kappa shape index (κ2) is 8.74. The van der Waals surface area contributed by atoms with Gasteiger partial charge in [0.2, 0.25) is 0 Å². The Morgan fingerprint density at radius 3 is 2.44 bits per heavy atom. The molecule has 3 rings (SSSR count). The average Bonchev–Trinajstić information content (AvgIpc) is 2.66. The van der Waals surface area contributed by atoms with E-state index in [1.54, 1.807) is 0 Å². The van der Waals surface area contributed by atoms with Gasteiger partial charge < -0.3 is 11.5 Å². The third kappa shape index (κ3) is 5.22. The van der Waals surface area contributed by atoms with Gasteiger partial charge in [-0.05, 0) is 60.8 Å². The minimum Gasteiger partial charge on any atom is -0.370 e. The summed E-state index contributed by atoms with van der Waals surface area (Å²) in [5.41, 5.74) is 11.8. The lowest BCUT2D eigenvalue weighted by Crippen LogP contribution is -2.30. The van der Waals surface area contributed by atoms with Crippen molar-refractivity contribution < 1.29 is 8.42 Å². The average molecular weight is 388 g/mol. The molecule has 0 bridgehead atoms. The van der Waals surface area contributed by atoms with E-state index in [4.69, 9.17) is 11.5 Å². The fourth-order valence-electron chi connectivity index (χ4n) is 4.09. The minimum absolute atomic E-state index is 0.125. The summed E-state index contributed by atoms with van der Waals surface area (Å²) in [5.74, 6) is 0.877. The van der Waals surface area contributed by atoms with Crippen molar-refractivity contribution in [3.8, 4) is 0 Å². The first-order valence-electron chi connectivity index (χ1n) is 9.69. The second-order valence-electron chi connectivity index (χ2n) is 7.49. The number of hydrogen-bond acceptors (Lipinski definition) is 3. The number of sulfone groups is 1. The molecule has 1 fully saturated rings. The molecule has 0 spiro atoms. The lowest BCUT2D eigenvalue weighted by atomic mass is 9.87. The standard InChI is InChI=1S/C21H29N3O2S/c22-21(23)24-14-12-16-8-10-19(11-9-16)27(25,26)15-13-18-6-3-5-17-4-1-2-7-20(17)18/h1-7,16,19H,8-15H2,(H4,22,23,24). The van der Waals surface area contributed by atoms with Gasteiger partial charge in [0.25, 0.3) is 0 Å². The summed E-state index contributed by atoms with van der Waals surface area (Å²) in [7, 11) is -3.08. The molecule has 0 saturated heterocycles. The Labute approximate surface area is 161 Å². The molecule has 1 aliphatic rings. The Kier molecular flexibility index (Phi) is 6.37. The Morgan fingerprint density at radius 2 is 1.70 bits per heavy atom. The van der Waals surface area contributed by atoms with Crippen LogP contribution in [0.25, 0.3) is 10.8 Å². The van der Waals surface area contributed by atoms with Crippen LogP contribution in [-0.2, 0) is 16.3 Å². The van der Waals surface area contributed by atoms with Gasteiger partial charge >= 0.3 is 0 Å². The van der Waals surface area contributed by atoms with Gasteiger partial charge in [-0.15, -0.1) is 0 Å². The minimum atomic E-state index is -3.08. The molecule has 1 saturated carbocycles. The number of nitrogens with zero attached hydrogens (tertiary/aromatic N) is 1. The van der Waals surface area contributed by atoms with Crippen molar-refractivity contribution in [1.82, 2.24) is 0 Å². The highest BCUT2D eigenvalue weighted by atomic mass is 32.2. The van der Waals surface area contributed by atoms with Crippen LogP contribution >= 0.6 is 0 Å². The normalized spacial score (nSPS) is 20.4. The Hall–Kier alpha value is -2.08. The predicted molar refractivity (Wildman–Crippen MR) is 112 cm³/mol. The molecule has 4 N–H and O–H groups in total. The zero-order chi connectivity index (χ0) is 19.3. The van der Waals surface area contributed by atoms with Crippen LogP contribution in [0, 0.1) is 5.92 Å². The van der Waals surface area contributed by atoms with E-state index in [9.17, 15) is 8.42 Å². The zero-order valence-corrected chi connectivity index (χ0v) is 16.5. The fraction of sp³-hybridized carbons (Fsp3) is 0.476. The number of rotatable bonds is 7. The quantitative estimate of drug-likeness (QED) is 0.563. The van der Waals surface area contributed by atoms with Crippen molar-refractivity contribution in [2.24, 2.45) is 22.4 Å². The van der Waals surface area contributed by atoms with E-state index in [2.05, 4.69) is 23.2 Å². The maximum Gasteiger partial charge on any atom is 0.185 e. The first-order chi connectivity index (χ1) is 13.0. The number of hydrogen-bond donors (Lipinski definition) is 2. The number of aliphatic imine (C=N–C) groups is 1. The summed E-state index contributed by atoms with van der Waals surface area (Å²) < 4.78 is 25.7. The van der Waals surface area contributed by atoms with Gasteiger partial charge in [-0.3, -0.25) is 4.99 Å². The second-order valence-corrected chi connectivity index (χ2v) is 9.89. The first-order valence-corrected chi connectivity index (χ1v) is 11.4. The Morgan fingerprint density at radius 1 is 1.00 bits per heavy atom. The molecule has 0 atom stereocenters. The number of aryl methyl sites for hydroxylation is 1. The van der Waals surface area contributed by atoms with Gasteiger partial charge in [-0.25, -0.2) is 8.42 Å². The van der Waals surface area contributed by atoms with E-state index in [0.717, 1.165) is 48.4 Å². The van der Waals surface area contributed by atoms with Crippen molar-refractivity contribution in [3.63, 3.8) is 0 Å². The molecule has 0 aliphatic heterocycles. The molecule has 0 unspecified atom stereocenters. The molecule has 146 valence electrons. The van der Waals surface area contributed by atoms with Crippen molar-refractivity contribution in [3.05, 3.63) is 48.0 Å². The van der Waals surface area contributed by atoms with Gasteiger partial charge in [-0.2, -0.15) is 0 Å². The van der Waals surface area contributed by atoms with Gasteiger partial charge in [-0.1, -0.05) is 42.5 Å². The smallest absolute Gasteiger partial charge is 0.185 e. The molecular weight excluding hydrogens is 358 g/mol. The summed E-state index contributed by atoms with van der Waals surface area (Å²) in [5, 5.41) is 2.11. The van der Waals surface area contributed by atoms with Crippen LogP contribution in [0.3, 0.4) is 0 Å². The molecule has 1 aliphatic carbocycles. The SMILES string of the molecule is NC(N)=NCCC1CCC(S(=O)(=O)CCc2cccc3ccccc23)CC1. The molecule has 2 aromatic rings. The van der Waals surface area contributed by atoms with Crippen LogP contribution in [0.4, 0.5) is 0 Å². The van der Waals surface area contributed by atoms with E-state index in [0.29, 0.717) is 18.9 Å². The van der Waals surface area contributed by atoms with E-state index >= 15 is 0 Å². The number of fused-ring (bicyclic) bond motifs is 1. The number of benzene rings is 2. The van der Waals surface area contributed by atoms with Crippen molar-refractivity contribution in [2.75, 3.05) is 12.3 Å². The van der Waals surface area contributed by atoms with Crippen LogP contribution in [0.5, 0.6) is 0 Å². The molecule has 2 aromatic carbocycles. The number of guanidine groups is 1. The molecule has 5 nitrogen and oxygen atoms in total. The van der Waals surface area contributed by atoms with Crippen molar-refractivity contribution in [1.29, 1.82) is 0 Å². The molecule has 0 radical (unpaired) electrons. The number of nitrogens with two attached hydrogens (primary N) is 2. The van der Waals surface area contributed by atoms with Gasteiger partial charge in [0.05, 0.1) is 11.0 Å². The predicted octanol–water partition coefficient (Wildman–Crippen LogP) is 3.02. The third-order valence-electron chi connectivity index (χ3n) is 5.67. The van der Waals surface area contributed by atoms with Crippen LogP contribution in [0.15, 0.2) is 47.5 Å². The van der Waals surface area contributed by atoms with Crippen LogP contribution in [0.2, 0.25) is 0 Å². The zero-order valence-electron chi connectivity index (χ0n) is 15.7. The van der Waals surface area contributed by atoms with Crippen molar-refractivity contribution in [2.45, 2.75) is 43.8 Å². The lowest BCUT2D eigenvalue weighted by molar-refractivity contribution is 0.342. The van der Waals surface area contributed by atoms with Gasteiger partial charge in [0.1, 0.15) is 0 Å². The molecule has 0 heterocycles. The summed E-state index contributed by atoms with van der Waals surface area (Å²) in [6, 6.07) is 14.3. The van der Waals surface area contributed by atoms with Gasteiger partial charge in [0, 0.05) is 6.54 Å². The molecule has 0 amide bonds. The van der Waals surface area contributed by atoms with E-state index in [-0.39, 0.29) is 17.0 Å².